The van der Waals surface area contributed by atoms with Crippen LogP contribution in [0.4, 0.5) is 0 Å². The number of hydrogen-bond donors (Lipinski definition) is 2. The molecule has 0 radical (unpaired) electrons. The summed E-state index contributed by atoms with van der Waals surface area (Å²) < 4.78 is 5.62. The Morgan fingerprint density at radius 3 is 2.47 bits per heavy atom. The molecule has 3 heteroatoms. The fraction of sp³-hybridized carbons (Fsp3) is 0.167. The molecule has 15 heavy (non-hydrogen) atoms. The lowest BCUT2D eigenvalue weighted by atomic mass is 10.2. The predicted molar refractivity (Wildman–Crippen MR) is 60.1 cm³/mol. The highest BCUT2D eigenvalue weighted by atomic mass is 16.3. The van der Waals surface area contributed by atoms with E-state index >= 15 is 0 Å². The third-order valence-electron chi connectivity index (χ3n) is 2.30. The van der Waals surface area contributed by atoms with Gasteiger partial charge >= 0.3 is 0 Å². The second-order valence-electron chi connectivity index (χ2n) is 3.41. The Kier molecular flexibility index (Phi) is 2.85. The van der Waals surface area contributed by atoms with E-state index in [2.05, 4.69) is 0 Å². The summed E-state index contributed by atoms with van der Waals surface area (Å²) in [5.74, 6) is 1.56. The lowest BCUT2D eigenvalue weighted by Crippen LogP contribution is -2.19. The molecule has 2 aromatic rings. The Morgan fingerprint density at radius 1 is 1.07 bits per heavy atom. The summed E-state index contributed by atoms with van der Waals surface area (Å²) in [6.45, 7) is 0.391. The van der Waals surface area contributed by atoms with E-state index in [0.717, 1.165) is 17.1 Å². The van der Waals surface area contributed by atoms with Gasteiger partial charge in [-0.1, -0.05) is 30.3 Å². The summed E-state index contributed by atoms with van der Waals surface area (Å²) >= 11 is 0. The Labute approximate surface area is 88.7 Å². The molecule has 1 aromatic heterocycles. The zero-order valence-electron chi connectivity index (χ0n) is 8.39. The summed E-state index contributed by atoms with van der Waals surface area (Å²) in [6, 6.07) is 13.5. The van der Waals surface area contributed by atoms with Crippen LogP contribution in [0.2, 0.25) is 0 Å². The number of nitrogens with two attached hydrogens (primary N) is 2. The molecule has 78 valence electrons. The number of hydrogen-bond acceptors (Lipinski definition) is 3. The quantitative estimate of drug-likeness (QED) is 0.799. The van der Waals surface area contributed by atoms with Crippen molar-refractivity contribution in [2.45, 2.75) is 6.04 Å². The molecule has 1 aromatic carbocycles. The van der Waals surface area contributed by atoms with E-state index < -0.39 is 0 Å². The fourth-order valence-electron chi connectivity index (χ4n) is 1.43. The van der Waals surface area contributed by atoms with E-state index in [4.69, 9.17) is 15.9 Å². The van der Waals surface area contributed by atoms with Gasteiger partial charge in [-0.3, -0.25) is 0 Å². The summed E-state index contributed by atoms with van der Waals surface area (Å²) in [7, 11) is 0. The Hall–Kier alpha value is -1.58. The lowest BCUT2D eigenvalue weighted by molar-refractivity contribution is 0.480. The van der Waals surface area contributed by atoms with Crippen LogP contribution < -0.4 is 11.5 Å². The Bertz CT molecular complexity index is 422. The van der Waals surface area contributed by atoms with E-state index in [1.807, 2.05) is 42.5 Å². The van der Waals surface area contributed by atoms with Crippen molar-refractivity contribution >= 4 is 0 Å². The van der Waals surface area contributed by atoms with E-state index in [1.54, 1.807) is 0 Å². The van der Waals surface area contributed by atoms with E-state index in [9.17, 15) is 0 Å². The Morgan fingerprint density at radius 2 is 1.80 bits per heavy atom. The summed E-state index contributed by atoms with van der Waals surface area (Å²) in [6.07, 6.45) is 0. The minimum Gasteiger partial charge on any atom is -0.459 e. The summed E-state index contributed by atoms with van der Waals surface area (Å²) in [4.78, 5) is 0. The highest BCUT2D eigenvalue weighted by Gasteiger charge is 2.09. The van der Waals surface area contributed by atoms with Crippen molar-refractivity contribution < 1.29 is 4.42 Å². The molecule has 1 heterocycles. The van der Waals surface area contributed by atoms with Crippen molar-refractivity contribution in [3.8, 4) is 11.3 Å². The van der Waals surface area contributed by atoms with Crippen molar-refractivity contribution in [1.29, 1.82) is 0 Å². The SMILES string of the molecule is NCC(N)c1ccc(-c2ccccc2)o1. The van der Waals surface area contributed by atoms with Gasteiger partial charge in [-0.05, 0) is 12.1 Å². The number of rotatable bonds is 3. The molecule has 0 aliphatic heterocycles. The molecule has 3 nitrogen and oxygen atoms in total. The third-order valence-corrected chi connectivity index (χ3v) is 2.30. The molecule has 2 rings (SSSR count). The number of benzene rings is 1. The molecular formula is C12H14N2O. The van der Waals surface area contributed by atoms with Gasteiger partial charge in [0.15, 0.2) is 0 Å². The van der Waals surface area contributed by atoms with E-state index in [0.29, 0.717) is 6.54 Å². The van der Waals surface area contributed by atoms with Gasteiger partial charge < -0.3 is 15.9 Å². The van der Waals surface area contributed by atoms with Crippen LogP contribution in [0.3, 0.4) is 0 Å². The molecule has 4 N–H and O–H groups in total. The monoisotopic (exact) mass is 202 g/mol. The maximum atomic E-state index is 5.77. The van der Waals surface area contributed by atoms with Crippen LogP contribution in [0.15, 0.2) is 46.9 Å². The first-order valence-electron chi connectivity index (χ1n) is 4.92. The maximum absolute atomic E-state index is 5.77. The minimum atomic E-state index is -0.220. The van der Waals surface area contributed by atoms with Gasteiger partial charge in [0.25, 0.3) is 0 Å². The maximum Gasteiger partial charge on any atom is 0.134 e. The zero-order valence-corrected chi connectivity index (χ0v) is 8.39. The average Bonchev–Trinajstić information content (AvgIpc) is 2.78. The van der Waals surface area contributed by atoms with Crippen molar-refractivity contribution in [3.63, 3.8) is 0 Å². The third kappa shape index (κ3) is 2.09. The topological polar surface area (TPSA) is 65.2 Å². The highest BCUT2D eigenvalue weighted by molar-refractivity contribution is 5.57. The molecular weight excluding hydrogens is 188 g/mol. The second kappa shape index (κ2) is 4.29. The summed E-state index contributed by atoms with van der Waals surface area (Å²) in [5.41, 5.74) is 12.3. The van der Waals surface area contributed by atoms with Crippen LogP contribution >= 0.6 is 0 Å². The highest BCUT2D eigenvalue weighted by Crippen LogP contribution is 2.23. The van der Waals surface area contributed by atoms with Gasteiger partial charge in [0.05, 0.1) is 6.04 Å². The summed E-state index contributed by atoms with van der Waals surface area (Å²) in [5, 5.41) is 0. The van der Waals surface area contributed by atoms with Crippen LogP contribution in [0, 0.1) is 0 Å². The normalized spacial score (nSPS) is 12.7. The first-order chi connectivity index (χ1) is 7.31. The lowest BCUT2D eigenvalue weighted by Gasteiger charge is -2.03. The smallest absolute Gasteiger partial charge is 0.134 e. The number of furan rings is 1. The molecule has 0 amide bonds. The molecule has 0 bridgehead atoms. The second-order valence-corrected chi connectivity index (χ2v) is 3.41. The zero-order chi connectivity index (χ0) is 10.7. The van der Waals surface area contributed by atoms with Crippen molar-refractivity contribution in [2.75, 3.05) is 6.54 Å². The van der Waals surface area contributed by atoms with Gasteiger partial charge in [0, 0.05) is 12.1 Å². The van der Waals surface area contributed by atoms with Crippen LogP contribution in [0.1, 0.15) is 11.8 Å². The van der Waals surface area contributed by atoms with Crippen LogP contribution in [-0.4, -0.2) is 6.54 Å². The standard InChI is InChI=1S/C12H14N2O/c13-8-10(14)12-7-6-11(15-12)9-4-2-1-3-5-9/h1-7,10H,8,13-14H2. The van der Waals surface area contributed by atoms with Crippen LogP contribution in [-0.2, 0) is 0 Å². The van der Waals surface area contributed by atoms with Gasteiger partial charge in [0.2, 0.25) is 0 Å². The molecule has 1 unspecified atom stereocenters. The molecule has 0 aliphatic rings. The van der Waals surface area contributed by atoms with E-state index in [-0.39, 0.29) is 6.04 Å². The van der Waals surface area contributed by atoms with Crippen molar-refractivity contribution in [2.24, 2.45) is 11.5 Å². The molecule has 1 atom stereocenters. The van der Waals surface area contributed by atoms with Crippen LogP contribution in [0.25, 0.3) is 11.3 Å². The van der Waals surface area contributed by atoms with Crippen molar-refractivity contribution in [1.82, 2.24) is 0 Å². The first kappa shape index (κ1) is 9.96. The predicted octanol–water partition coefficient (Wildman–Crippen LogP) is 1.91. The molecule has 0 fully saturated rings. The molecule has 0 spiro atoms. The molecule has 0 aliphatic carbocycles. The first-order valence-corrected chi connectivity index (χ1v) is 4.92. The van der Waals surface area contributed by atoms with Gasteiger partial charge in [-0.25, -0.2) is 0 Å². The molecule has 0 saturated heterocycles. The average molecular weight is 202 g/mol. The fourth-order valence-corrected chi connectivity index (χ4v) is 1.43. The largest absolute Gasteiger partial charge is 0.459 e. The van der Waals surface area contributed by atoms with Gasteiger partial charge in [-0.15, -0.1) is 0 Å². The Balaban J connectivity index is 2.28. The van der Waals surface area contributed by atoms with Crippen molar-refractivity contribution in [3.05, 3.63) is 48.2 Å². The minimum absolute atomic E-state index is 0.220. The van der Waals surface area contributed by atoms with E-state index in [1.165, 1.54) is 0 Å². The molecule has 0 saturated carbocycles. The van der Waals surface area contributed by atoms with Gasteiger partial charge in [-0.2, -0.15) is 0 Å². The van der Waals surface area contributed by atoms with Gasteiger partial charge in [0.1, 0.15) is 11.5 Å². The van der Waals surface area contributed by atoms with Crippen LogP contribution in [0.5, 0.6) is 0 Å².